The van der Waals surface area contributed by atoms with Gasteiger partial charge in [0.15, 0.2) is 16.3 Å². The van der Waals surface area contributed by atoms with Crippen LogP contribution in [0.3, 0.4) is 0 Å². The molecule has 11 heteroatoms. The summed E-state index contributed by atoms with van der Waals surface area (Å²) < 4.78 is 29.0. The SMILES string of the molecule is CCOC(=O)C1=C(C)N=c2s/c(=C\c3ccc(-c4ccc(C(=O)OC)cc4)o3)c(=O)n2C1c1ccc2c(c1)OCO2. The maximum Gasteiger partial charge on any atom is 0.338 e. The third kappa shape index (κ3) is 4.74. The van der Waals surface area contributed by atoms with Crippen molar-refractivity contribution in [2.75, 3.05) is 20.5 Å². The van der Waals surface area contributed by atoms with Gasteiger partial charge in [-0.15, -0.1) is 0 Å². The normalized spacial score (nSPS) is 15.9. The van der Waals surface area contributed by atoms with Gasteiger partial charge in [0.25, 0.3) is 5.56 Å². The second-order valence-electron chi connectivity index (χ2n) is 9.19. The molecule has 0 spiro atoms. The summed E-state index contributed by atoms with van der Waals surface area (Å²) in [4.78, 5) is 43.7. The summed E-state index contributed by atoms with van der Waals surface area (Å²) in [5.41, 5.74) is 2.27. The summed E-state index contributed by atoms with van der Waals surface area (Å²) in [6.07, 6.45) is 1.65. The molecule has 0 N–H and O–H groups in total. The number of ether oxygens (including phenoxy) is 4. The van der Waals surface area contributed by atoms with E-state index in [4.69, 9.17) is 23.4 Å². The van der Waals surface area contributed by atoms with Gasteiger partial charge in [-0.25, -0.2) is 14.6 Å². The van der Waals surface area contributed by atoms with Gasteiger partial charge in [-0.3, -0.25) is 9.36 Å². The standard InChI is InChI=1S/C30H24N2O8S/c1-4-37-29(35)25-16(2)31-30-32(26(25)19-9-11-22-23(13-19)39-15-38-22)27(33)24(41-30)14-20-10-12-21(40-20)17-5-7-18(8-6-17)28(34)36-3/h5-14,26H,4,15H2,1-3H3/b24-14-. The van der Waals surface area contributed by atoms with Gasteiger partial charge in [0.05, 0.1) is 41.1 Å². The number of thiazole rings is 1. The van der Waals surface area contributed by atoms with Crippen molar-refractivity contribution in [2.24, 2.45) is 4.99 Å². The van der Waals surface area contributed by atoms with Crippen molar-refractivity contribution in [3.63, 3.8) is 0 Å². The quantitative estimate of drug-likeness (QED) is 0.322. The van der Waals surface area contributed by atoms with E-state index < -0.39 is 18.0 Å². The molecule has 0 aliphatic carbocycles. The monoisotopic (exact) mass is 572 g/mol. The maximum atomic E-state index is 13.8. The molecule has 1 atom stereocenters. The van der Waals surface area contributed by atoms with Gasteiger partial charge in [-0.2, -0.15) is 0 Å². The number of carbonyl (C=O) groups is 2. The van der Waals surface area contributed by atoms with Crippen molar-refractivity contribution >= 4 is 29.4 Å². The van der Waals surface area contributed by atoms with Crippen molar-refractivity contribution in [3.8, 4) is 22.8 Å². The minimum absolute atomic E-state index is 0.0989. The number of carbonyl (C=O) groups excluding carboxylic acids is 2. The zero-order valence-corrected chi connectivity index (χ0v) is 23.2. The van der Waals surface area contributed by atoms with Gasteiger partial charge in [0.1, 0.15) is 11.5 Å². The summed E-state index contributed by atoms with van der Waals surface area (Å²) in [6, 6.07) is 14.9. The molecule has 0 amide bonds. The van der Waals surface area contributed by atoms with Crippen LogP contribution in [0.4, 0.5) is 0 Å². The highest BCUT2D eigenvalue weighted by Gasteiger charge is 2.34. The molecule has 208 valence electrons. The molecule has 2 aliphatic rings. The Morgan fingerprint density at radius 1 is 1.07 bits per heavy atom. The topological polar surface area (TPSA) is 119 Å². The molecular weight excluding hydrogens is 548 g/mol. The average Bonchev–Trinajstić information content (AvgIpc) is 3.71. The first-order valence-corrected chi connectivity index (χ1v) is 13.6. The Morgan fingerprint density at radius 3 is 2.61 bits per heavy atom. The Kier molecular flexibility index (Phi) is 6.80. The first-order chi connectivity index (χ1) is 19.9. The fourth-order valence-corrected chi connectivity index (χ4v) is 5.82. The molecule has 0 saturated carbocycles. The van der Waals surface area contributed by atoms with E-state index in [1.807, 2.05) is 0 Å². The molecule has 4 aromatic rings. The lowest BCUT2D eigenvalue weighted by Gasteiger charge is -2.24. The molecule has 10 nitrogen and oxygen atoms in total. The molecule has 0 fully saturated rings. The van der Waals surface area contributed by atoms with Crippen LogP contribution in [0.5, 0.6) is 11.5 Å². The first kappa shape index (κ1) is 26.3. The smallest absolute Gasteiger partial charge is 0.338 e. The van der Waals surface area contributed by atoms with E-state index in [-0.39, 0.29) is 24.5 Å². The predicted octanol–water partition coefficient (Wildman–Crippen LogP) is 3.57. The van der Waals surface area contributed by atoms with Gasteiger partial charge >= 0.3 is 11.9 Å². The molecule has 0 bridgehead atoms. The molecule has 6 rings (SSSR count). The molecule has 41 heavy (non-hydrogen) atoms. The van der Waals surface area contributed by atoms with E-state index in [1.54, 1.807) is 74.5 Å². The second-order valence-corrected chi connectivity index (χ2v) is 10.2. The molecule has 1 unspecified atom stereocenters. The number of rotatable bonds is 6. The fourth-order valence-electron chi connectivity index (χ4n) is 4.79. The summed E-state index contributed by atoms with van der Waals surface area (Å²) >= 11 is 1.20. The number of esters is 2. The van der Waals surface area contributed by atoms with Crippen LogP contribution in [0.1, 0.15) is 41.6 Å². The fraction of sp³-hybridized carbons (Fsp3) is 0.200. The third-order valence-corrected chi connectivity index (χ3v) is 7.70. The highest BCUT2D eigenvalue weighted by Crippen LogP contribution is 2.38. The minimum atomic E-state index is -0.776. The van der Waals surface area contributed by atoms with Crippen LogP contribution in [0, 0.1) is 0 Å². The van der Waals surface area contributed by atoms with E-state index in [0.717, 1.165) is 5.56 Å². The Labute approximate surface area is 237 Å². The molecular formula is C30H24N2O8S. The van der Waals surface area contributed by atoms with Gasteiger partial charge in [0, 0.05) is 11.6 Å². The lowest BCUT2D eigenvalue weighted by molar-refractivity contribution is -0.139. The summed E-state index contributed by atoms with van der Waals surface area (Å²) in [7, 11) is 1.33. The summed E-state index contributed by atoms with van der Waals surface area (Å²) in [5, 5.41) is 0. The van der Waals surface area contributed by atoms with E-state index in [2.05, 4.69) is 4.99 Å². The average molecular weight is 573 g/mol. The summed E-state index contributed by atoms with van der Waals surface area (Å²) in [5.74, 6) is 1.19. The number of methoxy groups -OCH3 is 1. The number of nitrogens with zero attached hydrogens (tertiary/aromatic N) is 2. The zero-order valence-electron chi connectivity index (χ0n) is 22.3. The predicted molar refractivity (Wildman–Crippen MR) is 148 cm³/mol. The number of hydrogen-bond acceptors (Lipinski definition) is 10. The Bertz CT molecular complexity index is 1900. The number of allylic oxidation sites excluding steroid dienone is 1. The van der Waals surface area contributed by atoms with Crippen LogP contribution in [0.25, 0.3) is 17.4 Å². The van der Waals surface area contributed by atoms with Crippen molar-refractivity contribution in [1.82, 2.24) is 4.57 Å². The van der Waals surface area contributed by atoms with Crippen LogP contribution in [-0.2, 0) is 14.3 Å². The summed E-state index contributed by atoms with van der Waals surface area (Å²) in [6.45, 7) is 3.74. The lowest BCUT2D eigenvalue weighted by Crippen LogP contribution is -2.39. The van der Waals surface area contributed by atoms with Crippen LogP contribution in [0.2, 0.25) is 0 Å². The van der Waals surface area contributed by atoms with E-state index >= 15 is 0 Å². The van der Waals surface area contributed by atoms with Crippen LogP contribution < -0.4 is 24.4 Å². The van der Waals surface area contributed by atoms with Crippen molar-refractivity contribution in [1.29, 1.82) is 0 Å². The molecule has 0 radical (unpaired) electrons. The van der Waals surface area contributed by atoms with Crippen molar-refractivity contribution in [2.45, 2.75) is 19.9 Å². The molecule has 2 aromatic heterocycles. The van der Waals surface area contributed by atoms with Gasteiger partial charge < -0.3 is 23.4 Å². The lowest BCUT2D eigenvalue weighted by atomic mass is 9.95. The first-order valence-electron chi connectivity index (χ1n) is 12.8. The van der Waals surface area contributed by atoms with E-state index in [9.17, 15) is 14.4 Å². The second kappa shape index (κ2) is 10.6. The van der Waals surface area contributed by atoms with Crippen LogP contribution in [-0.4, -0.2) is 37.0 Å². The zero-order chi connectivity index (χ0) is 28.7. The Balaban J connectivity index is 1.42. The maximum absolute atomic E-state index is 13.8. The highest BCUT2D eigenvalue weighted by atomic mass is 32.1. The van der Waals surface area contributed by atoms with Gasteiger partial charge in [0.2, 0.25) is 6.79 Å². The van der Waals surface area contributed by atoms with Crippen LogP contribution >= 0.6 is 11.3 Å². The number of fused-ring (bicyclic) bond motifs is 2. The molecule has 2 aliphatic heterocycles. The van der Waals surface area contributed by atoms with Crippen molar-refractivity contribution in [3.05, 3.63) is 102 Å². The number of hydrogen-bond donors (Lipinski definition) is 0. The largest absolute Gasteiger partial charge is 0.465 e. The number of furan rings is 1. The van der Waals surface area contributed by atoms with Crippen LogP contribution in [0.15, 0.2) is 80.1 Å². The molecule has 0 saturated heterocycles. The molecule has 4 heterocycles. The number of benzene rings is 2. The Morgan fingerprint density at radius 2 is 1.85 bits per heavy atom. The number of aromatic nitrogens is 1. The molecule has 2 aromatic carbocycles. The van der Waals surface area contributed by atoms with E-state index in [0.29, 0.717) is 49.2 Å². The minimum Gasteiger partial charge on any atom is -0.465 e. The van der Waals surface area contributed by atoms with Gasteiger partial charge in [-0.1, -0.05) is 29.5 Å². The third-order valence-electron chi connectivity index (χ3n) is 6.72. The Hall–Kier alpha value is -4.90. The van der Waals surface area contributed by atoms with Gasteiger partial charge in [-0.05, 0) is 55.8 Å². The van der Waals surface area contributed by atoms with Crippen molar-refractivity contribution < 1.29 is 33.0 Å². The van der Waals surface area contributed by atoms with E-state index in [1.165, 1.54) is 23.0 Å². The highest BCUT2D eigenvalue weighted by molar-refractivity contribution is 7.07.